The van der Waals surface area contributed by atoms with Gasteiger partial charge < -0.3 is 0 Å². The lowest BCUT2D eigenvalue weighted by Crippen LogP contribution is -1.78. The Bertz CT molecular complexity index is 398. The zero-order valence-electron chi connectivity index (χ0n) is 8.50. The molecule has 0 fully saturated rings. The van der Waals surface area contributed by atoms with Gasteiger partial charge in [-0.05, 0) is 24.3 Å². The molecule has 1 nitrogen and oxygen atoms in total. The number of aromatic nitrogens is 1. The molecule has 0 bridgehead atoms. The Balaban J connectivity index is 0.000000293. The molecule has 2 heteroatoms. The molecule has 1 heterocycles. The van der Waals surface area contributed by atoms with Gasteiger partial charge in [0.2, 0.25) is 0 Å². The summed E-state index contributed by atoms with van der Waals surface area (Å²) in [6.45, 7) is 4.25. The maximum atomic E-state index is 12.6. The Labute approximate surface area is 83.6 Å². The quantitative estimate of drug-likeness (QED) is 0.617. The molecule has 0 radical (unpaired) electrons. The smallest absolute Gasteiger partial charge is 0.123 e. The van der Waals surface area contributed by atoms with Crippen molar-refractivity contribution in [3.63, 3.8) is 0 Å². The van der Waals surface area contributed by atoms with E-state index >= 15 is 0 Å². The van der Waals surface area contributed by atoms with Crippen molar-refractivity contribution in [3.05, 3.63) is 42.3 Å². The van der Waals surface area contributed by atoms with E-state index in [1.165, 1.54) is 18.6 Å². The fourth-order valence-corrected chi connectivity index (χ4v) is 1.05. The highest BCUT2D eigenvalue weighted by molar-refractivity contribution is 5.77. The molecule has 0 atom stereocenters. The third-order valence-electron chi connectivity index (χ3n) is 1.57. The maximum Gasteiger partial charge on any atom is 0.123 e. The van der Waals surface area contributed by atoms with Crippen LogP contribution in [0.1, 0.15) is 20.3 Å². The molecule has 0 saturated heterocycles. The van der Waals surface area contributed by atoms with Crippen LogP contribution in [-0.2, 0) is 0 Å². The first-order chi connectivity index (χ1) is 6.77. The van der Waals surface area contributed by atoms with E-state index < -0.39 is 0 Å². The summed E-state index contributed by atoms with van der Waals surface area (Å²) in [5.74, 6) is -0.217. The van der Waals surface area contributed by atoms with Crippen LogP contribution >= 0.6 is 0 Å². The van der Waals surface area contributed by atoms with Crippen LogP contribution in [0.15, 0.2) is 36.5 Å². The lowest BCUT2D eigenvalue weighted by Gasteiger charge is -1.93. The van der Waals surface area contributed by atoms with Gasteiger partial charge in [0.05, 0.1) is 5.52 Å². The van der Waals surface area contributed by atoms with Gasteiger partial charge in [0.25, 0.3) is 0 Å². The fraction of sp³-hybridized carbons (Fsp3) is 0.250. The van der Waals surface area contributed by atoms with Gasteiger partial charge in [0.1, 0.15) is 5.82 Å². The summed E-state index contributed by atoms with van der Waals surface area (Å²) in [5, 5.41) is 0.840. The zero-order chi connectivity index (χ0) is 10.4. The van der Waals surface area contributed by atoms with Gasteiger partial charge in [-0.3, -0.25) is 4.98 Å². The van der Waals surface area contributed by atoms with Gasteiger partial charge in [0, 0.05) is 11.6 Å². The van der Waals surface area contributed by atoms with E-state index in [1.807, 2.05) is 6.07 Å². The molecule has 0 saturated carbocycles. The number of pyridine rings is 1. The number of hydrogen-bond acceptors (Lipinski definition) is 1. The minimum atomic E-state index is -0.217. The standard InChI is InChI=1S/C9H6FN.C3H8/c10-8-3-4-9-7(6-8)2-1-5-11-9;1-3-2/h1-6H;3H2,1-2H3. The summed E-state index contributed by atoms with van der Waals surface area (Å²) in [7, 11) is 0. The molecule has 74 valence electrons. The minimum absolute atomic E-state index is 0.217. The lowest BCUT2D eigenvalue weighted by molar-refractivity contribution is 0.629. The van der Waals surface area contributed by atoms with Crippen LogP contribution in [0.25, 0.3) is 10.9 Å². The van der Waals surface area contributed by atoms with E-state index in [4.69, 9.17) is 0 Å². The Hall–Kier alpha value is -1.44. The van der Waals surface area contributed by atoms with Crippen LogP contribution in [0.2, 0.25) is 0 Å². The molecule has 0 spiro atoms. The van der Waals surface area contributed by atoms with Gasteiger partial charge in [-0.2, -0.15) is 0 Å². The number of rotatable bonds is 0. The number of fused-ring (bicyclic) bond motifs is 1. The average Bonchev–Trinajstić information content (AvgIpc) is 2.19. The van der Waals surface area contributed by atoms with E-state index in [1.54, 1.807) is 18.3 Å². The molecule has 0 unspecified atom stereocenters. The van der Waals surface area contributed by atoms with E-state index in [2.05, 4.69) is 18.8 Å². The predicted molar refractivity (Wildman–Crippen MR) is 57.7 cm³/mol. The number of hydrogen-bond donors (Lipinski definition) is 0. The average molecular weight is 191 g/mol. The van der Waals surface area contributed by atoms with Crippen LogP contribution < -0.4 is 0 Å². The SMILES string of the molecule is CCC.Fc1ccc2ncccc2c1. The number of nitrogens with zero attached hydrogens (tertiary/aromatic N) is 1. The molecule has 0 amide bonds. The Morgan fingerprint density at radius 3 is 2.64 bits per heavy atom. The van der Waals surface area contributed by atoms with Crippen molar-refractivity contribution in [2.24, 2.45) is 0 Å². The van der Waals surface area contributed by atoms with Gasteiger partial charge in [0.15, 0.2) is 0 Å². The van der Waals surface area contributed by atoms with Gasteiger partial charge in [-0.15, -0.1) is 0 Å². The topological polar surface area (TPSA) is 12.9 Å². The highest BCUT2D eigenvalue weighted by Crippen LogP contribution is 2.11. The molecule has 0 N–H and O–H groups in total. The first-order valence-electron chi connectivity index (χ1n) is 4.78. The Kier molecular flexibility index (Phi) is 4.05. The first kappa shape index (κ1) is 10.6. The van der Waals surface area contributed by atoms with Gasteiger partial charge in [-0.1, -0.05) is 26.3 Å². The molecule has 0 aliphatic rings. The summed E-state index contributed by atoms with van der Waals surface area (Å²) < 4.78 is 12.6. The van der Waals surface area contributed by atoms with Crippen LogP contribution in [-0.4, -0.2) is 4.98 Å². The Morgan fingerprint density at radius 2 is 1.93 bits per heavy atom. The third-order valence-corrected chi connectivity index (χ3v) is 1.57. The normalized spacial score (nSPS) is 9.36. The van der Waals surface area contributed by atoms with Gasteiger partial charge in [-0.25, -0.2) is 4.39 Å². The van der Waals surface area contributed by atoms with Gasteiger partial charge >= 0.3 is 0 Å². The summed E-state index contributed by atoms with van der Waals surface area (Å²) >= 11 is 0. The van der Waals surface area contributed by atoms with Crippen LogP contribution in [0, 0.1) is 5.82 Å². The summed E-state index contributed by atoms with van der Waals surface area (Å²) in [6, 6.07) is 8.19. The van der Waals surface area contributed by atoms with Crippen molar-refractivity contribution < 1.29 is 4.39 Å². The van der Waals surface area contributed by atoms with E-state index in [9.17, 15) is 4.39 Å². The summed E-state index contributed by atoms with van der Waals surface area (Å²) in [5.41, 5.74) is 0.828. The zero-order valence-corrected chi connectivity index (χ0v) is 8.50. The summed E-state index contributed by atoms with van der Waals surface area (Å²) in [6.07, 6.45) is 2.94. The fourth-order valence-electron chi connectivity index (χ4n) is 1.05. The molecular formula is C12H14FN. The first-order valence-corrected chi connectivity index (χ1v) is 4.78. The Morgan fingerprint density at radius 1 is 1.21 bits per heavy atom. The highest BCUT2D eigenvalue weighted by Gasteiger charge is 1.93. The van der Waals surface area contributed by atoms with E-state index in [-0.39, 0.29) is 5.82 Å². The van der Waals surface area contributed by atoms with E-state index in [0.717, 1.165) is 10.9 Å². The second-order valence-electron chi connectivity index (χ2n) is 3.05. The molecule has 0 aliphatic heterocycles. The largest absolute Gasteiger partial charge is 0.256 e. The molecule has 2 rings (SSSR count). The molecule has 1 aromatic carbocycles. The van der Waals surface area contributed by atoms with Crippen molar-refractivity contribution in [2.75, 3.05) is 0 Å². The predicted octanol–water partition coefficient (Wildman–Crippen LogP) is 3.79. The highest BCUT2D eigenvalue weighted by atomic mass is 19.1. The molecule has 1 aromatic heterocycles. The molecular weight excluding hydrogens is 177 g/mol. The maximum absolute atomic E-state index is 12.6. The molecule has 0 aliphatic carbocycles. The minimum Gasteiger partial charge on any atom is -0.256 e. The number of benzene rings is 1. The van der Waals surface area contributed by atoms with Crippen molar-refractivity contribution >= 4 is 10.9 Å². The van der Waals surface area contributed by atoms with Crippen molar-refractivity contribution in [2.45, 2.75) is 20.3 Å². The molecule has 2 aromatic rings. The third kappa shape index (κ3) is 2.80. The second-order valence-corrected chi connectivity index (χ2v) is 3.05. The second kappa shape index (κ2) is 5.32. The van der Waals surface area contributed by atoms with E-state index in [0.29, 0.717) is 0 Å². The lowest BCUT2D eigenvalue weighted by atomic mass is 10.2. The summed E-state index contributed by atoms with van der Waals surface area (Å²) in [4.78, 5) is 4.06. The van der Waals surface area contributed by atoms with Crippen LogP contribution in [0.4, 0.5) is 4.39 Å². The van der Waals surface area contributed by atoms with Crippen LogP contribution in [0.5, 0.6) is 0 Å². The van der Waals surface area contributed by atoms with Crippen LogP contribution in [0.3, 0.4) is 0 Å². The monoisotopic (exact) mass is 191 g/mol. The van der Waals surface area contributed by atoms with Crippen molar-refractivity contribution in [3.8, 4) is 0 Å². The van der Waals surface area contributed by atoms with Crippen molar-refractivity contribution in [1.29, 1.82) is 0 Å². The molecule has 14 heavy (non-hydrogen) atoms. The van der Waals surface area contributed by atoms with Crippen molar-refractivity contribution in [1.82, 2.24) is 4.98 Å². The number of halogens is 1.